The number of hydrogen-bond donors (Lipinski definition) is 1. The molecular weight excluding hydrogens is 280 g/mol. The first-order valence-electron chi connectivity index (χ1n) is 5.65. The Bertz CT molecular complexity index is 660. The number of methoxy groups -OCH3 is 2. The van der Waals surface area contributed by atoms with E-state index >= 15 is 0 Å². The van der Waals surface area contributed by atoms with Crippen LogP contribution in [0, 0.1) is 0 Å². The van der Waals surface area contributed by atoms with E-state index < -0.39 is 5.97 Å². The lowest BCUT2D eigenvalue weighted by Crippen LogP contribution is -1.94. The van der Waals surface area contributed by atoms with Crippen LogP contribution in [0.5, 0.6) is 11.5 Å². The standard InChI is InChI=1S/C14H12O5S/c1-18-10-6-11(19-2)9(5-8(10)7-15)12-3-4-13(20-12)14(16)17/h3-7H,1-2H3,(H,16,17). The molecule has 1 N–H and O–H groups in total. The van der Waals surface area contributed by atoms with Crippen molar-refractivity contribution in [2.24, 2.45) is 0 Å². The van der Waals surface area contributed by atoms with Crippen molar-refractivity contribution in [3.8, 4) is 21.9 Å². The summed E-state index contributed by atoms with van der Waals surface area (Å²) in [6, 6.07) is 6.45. The highest BCUT2D eigenvalue weighted by Crippen LogP contribution is 2.38. The summed E-state index contributed by atoms with van der Waals surface area (Å²) in [5, 5.41) is 8.96. The minimum Gasteiger partial charge on any atom is -0.496 e. The molecule has 104 valence electrons. The highest BCUT2D eigenvalue weighted by atomic mass is 32.1. The molecule has 1 aromatic heterocycles. The lowest BCUT2D eigenvalue weighted by atomic mass is 10.1. The predicted octanol–water partition coefficient (Wildman–Crippen LogP) is 2.94. The van der Waals surface area contributed by atoms with Gasteiger partial charge in [0, 0.05) is 16.5 Å². The number of ether oxygens (including phenoxy) is 2. The number of benzene rings is 1. The summed E-state index contributed by atoms with van der Waals surface area (Å²) in [5.41, 5.74) is 1.04. The zero-order valence-electron chi connectivity index (χ0n) is 10.9. The Morgan fingerprint density at radius 2 is 1.90 bits per heavy atom. The van der Waals surface area contributed by atoms with Crippen LogP contribution in [0.3, 0.4) is 0 Å². The summed E-state index contributed by atoms with van der Waals surface area (Å²) >= 11 is 1.12. The van der Waals surface area contributed by atoms with Gasteiger partial charge in [-0.3, -0.25) is 4.79 Å². The molecule has 0 aliphatic heterocycles. The molecule has 0 unspecified atom stereocenters. The fourth-order valence-corrected chi connectivity index (χ4v) is 2.67. The summed E-state index contributed by atoms with van der Waals surface area (Å²) in [6.45, 7) is 0. The quantitative estimate of drug-likeness (QED) is 0.858. The van der Waals surface area contributed by atoms with E-state index in [0.717, 1.165) is 11.3 Å². The summed E-state index contributed by atoms with van der Waals surface area (Å²) in [4.78, 5) is 22.9. The normalized spacial score (nSPS) is 10.1. The van der Waals surface area contributed by atoms with Gasteiger partial charge < -0.3 is 14.6 Å². The Morgan fingerprint density at radius 3 is 2.40 bits per heavy atom. The van der Waals surface area contributed by atoms with Crippen molar-refractivity contribution in [3.05, 3.63) is 34.7 Å². The molecule has 0 amide bonds. The molecule has 2 rings (SSSR count). The number of aromatic carboxylic acids is 1. The van der Waals surface area contributed by atoms with E-state index in [1.807, 2.05) is 0 Å². The lowest BCUT2D eigenvalue weighted by molar-refractivity contribution is 0.0702. The van der Waals surface area contributed by atoms with E-state index in [-0.39, 0.29) is 4.88 Å². The van der Waals surface area contributed by atoms with Gasteiger partial charge in [-0.1, -0.05) is 0 Å². The molecule has 0 radical (unpaired) electrons. The summed E-state index contributed by atoms with van der Waals surface area (Å²) < 4.78 is 10.4. The van der Waals surface area contributed by atoms with E-state index in [4.69, 9.17) is 14.6 Å². The van der Waals surface area contributed by atoms with Crippen molar-refractivity contribution in [1.29, 1.82) is 0 Å². The van der Waals surface area contributed by atoms with Crippen LogP contribution in [0.15, 0.2) is 24.3 Å². The average Bonchev–Trinajstić information content (AvgIpc) is 2.95. The number of carbonyl (C=O) groups is 2. The first-order chi connectivity index (χ1) is 9.60. The Morgan fingerprint density at radius 1 is 1.20 bits per heavy atom. The SMILES string of the molecule is COc1cc(OC)c(-c2ccc(C(=O)O)s2)cc1C=O. The average molecular weight is 292 g/mol. The zero-order chi connectivity index (χ0) is 14.7. The molecule has 1 heterocycles. The highest BCUT2D eigenvalue weighted by molar-refractivity contribution is 7.17. The smallest absolute Gasteiger partial charge is 0.345 e. The second-order valence-corrected chi connectivity index (χ2v) is 4.97. The van der Waals surface area contributed by atoms with Gasteiger partial charge >= 0.3 is 5.97 Å². The Hall–Kier alpha value is -2.34. The topological polar surface area (TPSA) is 72.8 Å². The predicted molar refractivity (Wildman–Crippen MR) is 75.2 cm³/mol. The molecule has 20 heavy (non-hydrogen) atoms. The maximum Gasteiger partial charge on any atom is 0.345 e. The second kappa shape index (κ2) is 5.75. The third kappa shape index (κ3) is 2.50. The number of carboxylic acids is 1. The number of carbonyl (C=O) groups excluding carboxylic acids is 1. The van der Waals surface area contributed by atoms with Gasteiger partial charge in [-0.05, 0) is 18.2 Å². The van der Waals surface area contributed by atoms with Crippen LogP contribution in [0.25, 0.3) is 10.4 Å². The molecule has 0 saturated heterocycles. The van der Waals surface area contributed by atoms with Gasteiger partial charge in [-0.2, -0.15) is 0 Å². The maximum atomic E-state index is 11.1. The highest BCUT2D eigenvalue weighted by Gasteiger charge is 2.15. The minimum atomic E-state index is -0.982. The molecule has 6 heteroatoms. The fraction of sp³-hybridized carbons (Fsp3) is 0.143. The van der Waals surface area contributed by atoms with Crippen LogP contribution < -0.4 is 9.47 Å². The molecule has 0 bridgehead atoms. The molecule has 0 fully saturated rings. The van der Waals surface area contributed by atoms with Crippen LogP contribution in [-0.4, -0.2) is 31.6 Å². The molecule has 5 nitrogen and oxygen atoms in total. The van der Waals surface area contributed by atoms with Crippen LogP contribution in [-0.2, 0) is 0 Å². The Labute approximate surface area is 119 Å². The Balaban J connectivity index is 2.59. The monoisotopic (exact) mass is 292 g/mol. The van der Waals surface area contributed by atoms with Crippen LogP contribution >= 0.6 is 11.3 Å². The van der Waals surface area contributed by atoms with Crippen molar-refractivity contribution < 1.29 is 24.2 Å². The zero-order valence-corrected chi connectivity index (χ0v) is 11.7. The van der Waals surface area contributed by atoms with E-state index in [1.165, 1.54) is 20.3 Å². The number of carboxylic acid groups (broad SMARTS) is 1. The van der Waals surface area contributed by atoms with Gasteiger partial charge in [-0.25, -0.2) is 4.79 Å². The van der Waals surface area contributed by atoms with Gasteiger partial charge in [0.05, 0.1) is 19.8 Å². The molecule has 0 aliphatic rings. The van der Waals surface area contributed by atoms with Crippen molar-refractivity contribution in [2.75, 3.05) is 14.2 Å². The van der Waals surface area contributed by atoms with E-state index in [2.05, 4.69) is 0 Å². The van der Waals surface area contributed by atoms with Gasteiger partial charge in [0.2, 0.25) is 0 Å². The summed E-state index contributed by atoms with van der Waals surface area (Å²) in [7, 11) is 2.97. The number of hydrogen-bond acceptors (Lipinski definition) is 5. The van der Waals surface area contributed by atoms with Gasteiger partial charge in [0.1, 0.15) is 16.4 Å². The van der Waals surface area contributed by atoms with Gasteiger partial charge in [-0.15, -0.1) is 11.3 Å². The van der Waals surface area contributed by atoms with Crippen LogP contribution in [0.2, 0.25) is 0 Å². The first-order valence-corrected chi connectivity index (χ1v) is 6.47. The molecule has 2 aromatic rings. The van der Waals surface area contributed by atoms with E-state index in [1.54, 1.807) is 18.2 Å². The van der Waals surface area contributed by atoms with Crippen molar-refractivity contribution in [1.82, 2.24) is 0 Å². The molecule has 0 saturated carbocycles. The van der Waals surface area contributed by atoms with Crippen molar-refractivity contribution >= 4 is 23.6 Å². The third-order valence-corrected chi connectivity index (χ3v) is 3.87. The van der Waals surface area contributed by atoms with Gasteiger partial charge in [0.15, 0.2) is 6.29 Å². The number of thiophene rings is 1. The van der Waals surface area contributed by atoms with Crippen molar-refractivity contribution in [3.63, 3.8) is 0 Å². The molecule has 0 aliphatic carbocycles. The van der Waals surface area contributed by atoms with Gasteiger partial charge in [0.25, 0.3) is 0 Å². The first kappa shape index (κ1) is 14.1. The molecule has 0 spiro atoms. The third-order valence-electron chi connectivity index (χ3n) is 2.76. The number of aldehydes is 1. The maximum absolute atomic E-state index is 11.1. The fourth-order valence-electron chi connectivity index (χ4n) is 1.81. The lowest BCUT2D eigenvalue weighted by Gasteiger charge is -2.11. The van der Waals surface area contributed by atoms with E-state index in [9.17, 15) is 9.59 Å². The van der Waals surface area contributed by atoms with E-state index in [0.29, 0.717) is 33.8 Å². The Kier molecular flexibility index (Phi) is 4.05. The number of rotatable bonds is 5. The summed E-state index contributed by atoms with van der Waals surface area (Å²) in [5.74, 6) is -0.0498. The minimum absolute atomic E-state index is 0.227. The second-order valence-electron chi connectivity index (χ2n) is 3.88. The molecular formula is C14H12O5S. The van der Waals surface area contributed by atoms with Crippen LogP contribution in [0.4, 0.5) is 0 Å². The van der Waals surface area contributed by atoms with Crippen molar-refractivity contribution in [2.45, 2.75) is 0 Å². The largest absolute Gasteiger partial charge is 0.496 e. The van der Waals surface area contributed by atoms with Crippen LogP contribution in [0.1, 0.15) is 20.0 Å². The summed E-state index contributed by atoms with van der Waals surface area (Å²) in [6.07, 6.45) is 0.688. The molecule has 1 aromatic carbocycles. The molecule has 0 atom stereocenters.